The monoisotopic (exact) mass is 572 g/mol. The molecule has 1 aromatic carbocycles. The van der Waals surface area contributed by atoms with Crippen molar-refractivity contribution in [1.29, 1.82) is 0 Å². The third kappa shape index (κ3) is 5.85. The number of nitrogens with zero attached hydrogens (tertiary/aromatic N) is 3. The third-order valence-electron chi connectivity index (χ3n) is 10.5. The summed E-state index contributed by atoms with van der Waals surface area (Å²) in [5.41, 5.74) is 0.944. The van der Waals surface area contributed by atoms with Crippen molar-refractivity contribution in [2.45, 2.75) is 107 Å². The highest BCUT2D eigenvalue weighted by molar-refractivity contribution is 5.79. The second-order valence-corrected chi connectivity index (χ2v) is 13.7. The van der Waals surface area contributed by atoms with E-state index in [1.807, 2.05) is 30.3 Å². The fraction of sp³-hybridized carbons (Fsp3) is 0.750. The Hall–Kier alpha value is -2.26. The Morgan fingerprint density at radius 3 is 2.29 bits per heavy atom. The first-order chi connectivity index (χ1) is 19.6. The van der Waals surface area contributed by atoms with Gasteiger partial charge in [-0.1, -0.05) is 30.3 Å². The van der Waals surface area contributed by atoms with Crippen molar-refractivity contribution in [3.63, 3.8) is 0 Å². The first-order valence-corrected chi connectivity index (χ1v) is 15.8. The fourth-order valence-corrected chi connectivity index (χ4v) is 8.45. The Kier molecular flexibility index (Phi) is 8.05. The predicted molar refractivity (Wildman–Crippen MR) is 153 cm³/mol. The number of carbonyl (C=O) groups excluding carboxylic acids is 2. The van der Waals surface area contributed by atoms with E-state index in [1.165, 1.54) is 0 Å². The zero-order valence-corrected chi connectivity index (χ0v) is 24.6. The molecule has 0 aromatic heterocycles. The van der Waals surface area contributed by atoms with Crippen molar-refractivity contribution in [2.24, 2.45) is 11.8 Å². The van der Waals surface area contributed by atoms with E-state index >= 15 is 0 Å². The molecular formula is C32H46F2N4O3. The SMILES string of the molecule is CC(C)N1C(=O)N(CC2COC2)CC12CC1CCC(C2)N1CC[C@H](NC(=O)C1CCC(F)(F)CC1)c1ccccc1. The molecule has 5 aliphatic rings. The first kappa shape index (κ1) is 28.8. The molecule has 1 saturated carbocycles. The molecule has 6 rings (SSSR count). The number of hydrogen-bond donors (Lipinski definition) is 1. The Bertz CT molecular complexity index is 1070. The van der Waals surface area contributed by atoms with E-state index in [0.717, 1.165) is 70.5 Å². The topological polar surface area (TPSA) is 65.1 Å². The quantitative estimate of drug-likeness (QED) is 0.441. The number of rotatable bonds is 9. The van der Waals surface area contributed by atoms with Gasteiger partial charge in [0, 0.05) is 62.4 Å². The van der Waals surface area contributed by atoms with Crippen molar-refractivity contribution in [3.05, 3.63) is 35.9 Å². The maximum absolute atomic E-state index is 13.7. The van der Waals surface area contributed by atoms with Crippen molar-refractivity contribution in [2.75, 3.05) is 32.8 Å². The number of halogens is 2. The Labute approximate surface area is 242 Å². The smallest absolute Gasteiger partial charge is 0.320 e. The van der Waals surface area contributed by atoms with Crippen LogP contribution in [0.25, 0.3) is 0 Å². The van der Waals surface area contributed by atoms with Crippen molar-refractivity contribution >= 4 is 11.9 Å². The highest BCUT2D eigenvalue weighted by Gasteiger charge is 2.58. The molecule has 3 amide bonds. The van der Waals surface area contributed by atoms with Gasteiger partial charge in [0.05, 0.1) is 24.8 Å². The molecular weight excluding hydrogens is 526 g/mol. The summed E-state index contributed by atoms with van der Waals surface area (Å²) in [6.07, 6.45) is 5.11. The number of nitrogens with one attached hydrogen (secondary N) is 1. The van der Waals surface area contributed by atoms with Crippen LogP contribution in [-0.4, -0.2) is 89.1 Å². The van der Waals surface area contributed by atoms with E-state index in [9.17, 15) is 18.4 Å². The number of ether oxygens (including phenoxy) is 1. The van der Waals surface area contributed by atoms with E-state index in [2.05, 4.69) is 33.9 Å². The summed E-state index contributed by atoms with van der Waals surface area (Å²) in [5.74, 6) is -2.62. The van der Waals surface area contributed by atoms with Crippen LogP contribution >= 0.6 is 0 Å². The second-order valence-electron chi connectivity index (χ2n) is 13.7. The van der Waals surface area contributed by atoms with Crippen molar-refractivity contribution in [3.8, 4) is 0 Å². The number of hydrogen-bond acceptors (Lipinski definition) is 4. The molecule has 1 aromatic rings. The van der Waals surface area contributed by atoms with Gasteiger partial charge in [-0.15, -0.1) is 0 Å². The molecule has 7 nitrogen and oxygen atoms in total. The van der Waals surface area contributed by atoms with Gasteiger partial charge in [-0.3, -0.25) is 9.69 Å². The maximum Gasteiger partial charge on any atom is 0.320 e. The van der Waals surface area contributed by atoms with Crippen LogP contribution in [0.2, 0.25) is 0 Å². The van der Waals surface area contributed by atoms with Crippen LogP contribution in [0.4, 0.5) is 13.6 Å². The van der Waals surface area contributed by atoms with Crippen LogP contribution in [0.3, 0.4) is 0 Å². The van der Waals surface area contributed by atoms with Crippen molar-refractivity contribution in [1.82, 2.24) is 20.0 Å². The molecule has 5 fully saturated rings. The largest absolute Gasteiger partial charge is 0.381 e. The summed E-state index contributed by atoms with van der Waals surface area (Å²) in [6, 6.07) is 11.1. The minimum absolute atomic E-state index is 0.0936. The lowest BCUT2D eigenvalue weighted by molar-refractivity contribution is -0.130. The number of piperidine rings is 1. The first-order valence-electron chi connectivity index (χ1n) is 15.8. The van der Waals surface area contributed by atoms with E-state index in [-0.39, 0.29) is 61.2 Å². The number of fused-ring (bicyclic) bond motifs is 2. The molecule has 4 heterocycles. The molecule has 4 aliphatic heterocycles. The summed E-state index contributed by atoms with van der Waals surface area (Å²) in [4.78, 5) is 33.7. The van der Waals surface area contributed by atoms with Gasteiger partial charge in [0.2, 0.25) is 11.8 Å². The maximum atomic E-state index is 13.7. The number of urea groups is 1. The minimum Gasteiger partial charge on any atom is -0.381 e. The summed E-state index contributed by atoms with van der Waals surface area (Å²) in [5, 5.41) is 3.25. The zero-order valence-electron chi connectivity index (χ0n) is 24.6. The molecule has 226 valence electrons. The molecule has 41 heavy (non-hydrogen) atoms. The Morgan fingerprint density at radius 1 is 1.05 bits per heavy atom. The Morgan fingerprint density at radius 2 is 1.71 bits per heavy atom. The molecule has 2 bridgehead atoms. The molecule has 3 atom stereocenters. The lowest BCUT2D eigenvalue weighted by Gasteiger charge is -2.49. The minimum atomic E-state index is -2.64. The standard InChI is InChI=1S/C32H46F2N4O3/c1-22(2)38-30(40)36(18-23-19-41-20-23)21-31(38)16-26-8-9-27(17-31)37(26)15-12-28(24-6-4-3-5-7-24)35-29(39)25-10-13-32(33,34)14-11-25/h3-7,22-23,25-28H,8-21H2,1-2H3,(H,35,39)/t26?,27?,28-,31?/m0/s1. The predicted octanol–water partition coefficient (Wildman–Crippen LogP) is 5.22. The molecule has 2 unspecified atom stereocenters. The lowest BCUT2D eigenvalue weighted by Crippen LogP contribution is -2.60. The number of alkyl halides is 2. The van der Waals surface area contributed by atoms with E-state index in [0.29, 0.717) is 18.0 Å². The second kappa shape index (κ2) is 11.4. The molecule has 4 saturated heterocycles. The van der Waals surface area contributed by atoms with Gasteiger partial charge in [0.25, 0.3) is 0 Å². The number of amides is 3. The molecule has 1 aliphatic carbocycles. The average Bonchev–Trinajstić information content (AvgIpc) is 3.32. The van der Waals surface area contributed by atoms with Crippen LogP contribution in [0.5, 0.6) is 0 Å². The number of carbonyl (C=O) groups is 2. The third-order valence-corrected chi connectivity index (χ3v) is 10.5. The van der Waals surface area contributed by atoms with E-state index in [1.54, 1.807) is 0 Å². The van der Waals surface area contributed by atoms with Crippen LogP contribution in [0, 0.1) is 11.8 Å². The van der Waals surface area contributed by atoms with E-state index in [4.69, 9.17) is 4.74 Å². The molecule has 1 N–H and O–H groups in total. The zero-order chi connectivity index (χ0) is 28.8. The summed E-state index contributed by atoms with van der Waals surface area (Å²) in [7, 11) is 0. The molecule has 1 spiro atoms. The molecule has 0 radical (unpaired) electrons. The highest BCUT2D eigenvalue weighted by Crippen LogP contribution is 2.48. The van der Waals surface area contributed by atoms with Gasteiger partial charge < -0.3 is 19.9 Å². The van der Waals surface area contributed by atoms with Crippen LogP contribution in [-0.2, 0) is 9.53 Å². The summed E-state index contributed by atoms with van der Waals surface area (Å²) >= 11 is 0. The van der Waals surface area contributed by atoms with Gasteiger partial charge in [-0.05, 0) is 64.4 Å². The van der Waals surface area contributed by atoms with Crippen LogP contribution in [0.1, 0.15) is 83.2 Å². The molecule has 9 heteroatoms. The van der Waals surface area contributed by atoms with E-state index < -0.39 is 5.92 Å². The van der Waals surface area contributed by atoms with Crippen LogP contribution in [0.15, 0.2) is 30.3 Å². The Balaban J connectivity index is 1.12. The van der Waals surface area contributed by atoms with Gasteiger partial charge >= 0.3 is 6.03 Å². The summed E-state index contributed by atoms with van der Waals surface area (Å²) < 4.78 is 32.8. The summed E-state index contributed by atoms with van der Waals surface area (Å²) in [6.45, 7) is 8.26. The lowest BCUT2D eigenvalue weighted by atomic mass is 9.81. The van der Waals surface area contributed by atoms with Gasteiger partial charge in [0.1, 0.15) is 0 Å². The highest BCUT2D eigenvalue weighted by atomic mass is 19.3. The normalized spacial score (nSPS) is 31.2. The number of benzene rings is 1. The van der Waals surface area contributed by atoms with Crippen LogP contribution < -0.4 is 5.32 Å². The van der Waals surface area contributed by atoms with Gasteiger partial charge in [0.15, 0.2) is 0 Å². The average molecular weight is 573 g/mol. The fourth-order valence-electron chi connectivity index (χ4n) is 8.45. The van der Waals surface area contributed by atoms with Gasteiger partial charge in [-0.2, -0.15) is 0 Å². The van der Waals surface area contributed by atoms with Gasteiger partial charge in [-0.25, -0.2) is 13.6 Å². The van der Waals surface area contributed by atoms with Crippen molar-refractivity contribution < 1.29 is 23.1 Å².